The number of hydrogen-bond acceptors (Lipinski definition) is 5. The summed E-state index contributed by atoms with van der Waals surface area (Å²) in [6.07, 6.45) is -4.22. The normalized spacial score (nSPS) is 11.3. The summed E-state index contributed by atoms with van der Waals surface area (Å²) in [5.74, 6) is -1.90. The van der Waals surface area contributed by atoms with Crippen molar-refractivity contribution in [2.45, 2.75) is 6.18 Å². The van der Waals surface area contributed by atoms with Crippen molar-refractivity contribution < 1.29 is 36.6 Å². The number of rotatable bonds is 5. The van der Waals surface area contributed by atoms with Crippen LogP contribution in [0.15, 0.2) is 48.7 Å². The minimum atomic E-state index is -4.71. The highest BCUT2D eigenvalue weighted by atomic mass is 19.4. The molecule has 0 saturated heterocycles. The van der Waals surface area contributed by atoms with Gasteiger partial charge in [0.15, 0.2) is 12.4 Å². The van der Waals surface area contributed by atoms with Crippen LogP contribution in [0, 0.1) is 5.82 Å². The van der Waals surface area contributed by atoms with Gasteiger partial charge in [-0.3, -0.25) is 0 Å². The maximum Gasteiger partial charge on any atom is 0.417 e. The first kappa shape index (κ1) is 19.4. The number of halogens is 4. The van der Waals surface area contributed by atoms with E-state index in [2.05, 4.69) is 9.72 Å². The second kappa shape index (κ2) is 7.71. The Labute approximate surface area is 156 Å². The van der Waals surface area contributed by atoms with Crippen LogP contribution in [0.25, 0.3) is 10.8 Å². The molecule has 0 atom stereocenters. The number of methoxy groups -OCH3 is 1. The molecule has 0 aliphatic carbocycles. The highest BCUT2D eigenvalue weighted by Gasteiger charge is 2.32. The van der Waals surface area contributed by atoms with Crippen LogP contribution in [0.5, 0.6) is 17.4 Å². The van der Waals surface area contributed by atoms with Crippen molar-refractivity contribution >= 4 is 16.7 Å². The Hall–Kier alpha value is -3.36. The van der Waals surface area contributed by atoms with Gasteiger partial charge in [0.05, 0.1) is 12.7 Å². The summed E-state index contributed by atoms with van der Waals surface area (Å²) in [5.41, 5.74) is -1.21. The van der Waals surface area contributed by atoms with E-state index in [0.29, 0.717) is 28.8 Å². The van der Waals surface area contributed by atoms with E-state index >= 15 is 0 Å². The number of pyridine rings is 1. The van der Waals surface area contributed by atoms with Gasteiger partial charge in [0.2, 0.25) is 0 Å². The van der Waals surface area contributed by atoms with E-state index in [1.54, 1.807) is 30.3 Å². The van der Waals surface area contributed by atoms with Crippen molar-refractivity contribution in [3.63, 3.8) is 0 Å². The predicted octanol–water partition coefficient (Wildman–Crippen LogP) is 4.74. The molecule has 0 aliphatic rings. The minimum absolute atomic E-state index is 0.159. The Morgan fingerprint density at radius 2 is 1.71 bits per heavy atom. The highest BCUT2D eigenvalue weighted by Crippen LogP contribution is 2.36. The molecule has 0 fully saturated rings. The number of aromatic nitrogens is 1. The van der Waals surface area contributed by atoms with Gasteiger partial charge in [0.1, 0.15) is 11.5 Å². The van der Waals surface area contributed by atoms with Gasteiger partial charge in [-0.15, -0.1) is 0 Å². The third-order valence-electron chi connectivity index (χ3n) is 3.76. The molecule has 9 heteroatoms. The van der Waals surface area contributed by atoms with Crippen molar-refractivity contribution in [2.75, 3.05) is 13.7 Å². The van der Waals surface area contributed by atoms with Gasteiger partial charge in [-0.1, -0.05) is 24.3 Å². The van der Waals surface area contributed by atoms with Gasteiger partial charge in [0, 0.05) is 17.0 Å². The Morgan fingerprint density at radius 3 is 2.32 bits per heavy atom. The van der Waals surface area contributed by atoms with Crippen LogP contribution in [-0.2, 0) is 15.7 Å². The highest BCUT2D eigenvalue weighted by molar-refractivity contribution is 5.93. The molecular weight excluding hydrogens is 382 g/mol. The summed E-state index contributed by atoms with van der Waals surface area (Å²) in [7, 11) is 1.23. The van der Waals surface area contributed by atoms with Crippen molar-refractivity contribution in [1.82, 2.24) is 4.98 Å². The van der Waals surface area contributed by atoms with Crippen LogP contribution >= 0.6 is 0 Å². The average molecular weight is 395 g/mol. The number of carbonyl (C=O) groups is 1. The van der Waals surface area contributed by atoms with E-state index in [9.17, 15) is 22.4 Å². The molecule has 3 aromatic rings. The summed E-state index contributed by atoms with van der Waals surface area (Å²) in [6.45, 7) is -0.310. The van der Waals surface area contributed by atoms with E-state index in [1.165, 1.54) is 13.2 Å². The zero-order chi connectivity index (χ0) is 20.3. The van der Waals surface area contributed by atoms with Gasteiger partial charge in [-0.2, -0.15) is 13.2 Å². The van der Waals surface area contributed by atoms with Crippen molar-refractivity contribution in [2.24, 2.45) is 0 Å². The molecule has 28 heavy (non-hydrogen) atoms. The summed E-state index contributed by atoms with van der Waals surface area (Å²) in [6, 6.07) is 9.99. The minimum Gasteiger partial charge on any atom is -0.481 e. The van der Waals surface area contributed by atoms with Gasteiger partial charge in [0.25, 0.3) is 5.88 Å². The lowest BCUT2D eigenvalue weighted by molar-refractivity contribution is -0.143. The molecule has 3 rings (SSSR count). The van der Waals surface area contributed by atoms with Crippen molar-refractivity contribution in [3.05, 3.63) is 60.0 Å². The Bertz CT molecular complexity index is 1020. The van der Waals surface area contributed by atoms with Gasteiger partial charge in [-0.05, 0) is 18.2 Å². The first-order valence-corrected chi connectivity index (χ1v) is 7.91. The Morgan fingerprint density at radius 1 is 1.07 bits per heavy atom. The molecule has 146 valence electrons. The molecule has 0 spiro atoms. The zero-order valence-electron chi connectivity index (χ0n) is 14.4. The smallest absolute Gasteiger partial charge is 0.417 e. The van der Waals surface area contributed by atoms with Crippen molar-refractivity contribution in [1.29, 1.82) is 0 Å². The monoisotopic (exact) mass is 395 g/mol. The van der Waals surface area contributed by atoms with Crippen LogP contribution < -0.4 is 9.47 Å². The average Bonchev–Trinajstić information content (AvgIpc) is 2.67. The number of ether oxygens (including phenoxy) is 3. The van der Waals surface area contributed by atoms with Crippen LogP contribution in [0.1, 0.15) is 5.56 Å². The molecular formula is C19H13F4NO4. The number of esters is 1. The zero-order valence-corrected chi connectivity index (χ0v) is 14.4. The number of fused-ring (bicyclic) bond motifs is 1. The molecule has 0 amide bonds. The molecule has 0 saturated carbocycles. The second-order valence-electron chi connectivity index (χ2n) is 5.58. The largest absolute Gasteiger partial charge is 0.481 e. The SMILES string of the molecule is COC(=O)COc1cccc2c(Oc3ncc(C(F)(F)F)cc3F)cccc12. The maximum atomic E-state index is 14.0. The number of benzene rings is 2. The molecule has 1 heterocycles. The summed E-state index contributed by atoms with van der Waals surface area (Å²) in [5, 5.41) is 1.04. The molecule has 2 aromatic carbocycles. The lowest BCUT2D eigenvalue weighted by atomic mass is 10.1. The van der Waals surface area contributed by atoms with Gasteiger partial charge < -0.3 is 14.2 Å². The van der Waals surface area contributed by atoms with E-state index in [-0.39, 0.29) is 12.4 Å². The van der Waals surface area contributed by atoms with Crippen LogP contribution in [0.4, 0.5) is 17.6 Å². The number of nitrogens with zero attached hydrogens (tertiary/aromatic N) is 1. The molecule has 0 bridgehead atoms. The summed E-state index contributed by atoms with van der Waals surface area (Å²) >= 11 is 0. The fourth-order valence-corrected chi connectivity index (χ4v) is 2.42. The molecule has 1 aromatic heterocycles. The van der Waals surface area contributed by atoms with E-state index < -0.39 is 29.4 Å². The Balaban J connectivity index is 1.93. The maximum absolute atomic E-state index is 14.0. The quantitative estimate of drug-likeness (QED) is 0.462. The summed E-state index contributed by atoms with van der Waals surface area (Å²) < 4.78 is 67.3. The van der Waals surface area contributed by atoms with E-state index in [1.807, 2.05) is 0 Å². The van der Waals surface area contributed by atoms with E-state index in [0.717, 1.165) is 0 Å². The summed E-state index contributed by atoms with van der Waals surface area (Å²) in [4.78, 5) is 14.7. The van der Waals surface area contributed by atoms with E-state index in [4.69, 9.17) is 9.47 Å². The molecule has 0 radical (unpaired) electrons. The van der Waals surface area contributed by atoms with Crippen molar-refractivity contribution in [3.8, 4) is 17.4 Å². The fraction of sp³-hybridized carbons (Fsp3) is 0.158. The van der Waals surface area contributed by atoms with Crippen LogP contribution in [0.3, 0.4) is 0 Å². The molecule has 0 aliphatic heterocycles. The number of alkyl halides is 3. The standard InChI is InChI=1S/C19H13F4NO4/c1-26-17(25)10-27-15-6-2-5-13-12(15)4-3-7-16(13)28-18-14(20)8-11(9-24-18)19(21,22)23/h2-9H,10H2,1H3. The molecule has 5 nitrogen and oxygen atoms in total. The van der Waals surface area contributed by atoms with Crippen LogP contribution in [0.2, 0.25) is 0 Å². The molecule has 0 N–H and O–H groups in total. The number of carbonyl (C=O) groups excluding carboxylic acids is 1. The first-order chi connectivity index (χ1) is 13.3. The van der Waals surface area contributed by atoms with Gasteiger partial charge >= 0.3 is 12.1 Å². The first-order valence-electron chi connectivity index (χ1n) is 7.91. The van der Waals surface area contributed by atoms with Gasteiger partial charge in [-0.25, -0.2) is 14.2 Å². The lowest BCUT2D eigenvalue weighted by Crippen LogP contribution is -2.12. The molecule has 0 unspecified atom stereocenters. The predicted molar refractivity (Wildman–Crippen MR) is 90.7 cm³/mol. The lowest BCUT2D eigenvalue weighted by Gasteiger charge is -2.13. The third-order valence-corrected chi connectivity index (χ3v) is 3.76. The fourth-order valence-electron chi connectivity index (χ4n) is 2.42. The third kappa shape index (κ3) is 4.13. The topological polar surface area (TPSA) is 57.7 Å². The number of hydrogen-bond donors (Lipinski definition) is 0. The second-order valence-corrected chi connectivity index (χ2v) is 5.58. The Kier molecular flexibility index (Phi) is 5.34. The van der Waals surface area contributed by atoms with Crippen LogP contribution in [-0.4, -0.2) is 24.7 Å².